The molecule has 162 valence electrons. The molecular formula is C20H13Cl2F3N2O3S. The average Bonchev–Trinajstić information content (AvgIpc) is 3.19. The van der Waals surface area contributed by atoms with Gasteiger partial charge in [-0.25, -0.2) is 4.98 Å². The van der Waals surface area contributed by atoms with Crippen LogP contribution in [0.5, 0.6) is 0 Å². The zero-order valence-electron chi connectivity index (χ0n) is 15.4. The lowest BCUT2D eigenvalue weighted by atomic mass is 10.0. The van der Waals surface area contributed by atoms with Gasteiger partial charge in [0.25, 0.3) is 5.91 Å². The topological polar surface area (TPSA) is 79.3 Å². The number of nitrogens with one attached hydrogen (secondary N) is 1. The second-order valence-corrected chi connectivity index (χ2v) is 8.02. The molecule has 3 rings (SSSR count). The van der Waals surface area contributed by atoms with Crippen LogP contribution in [0.2, 0.25) is 10.0 Å². The number of carboxylic acid groups (broad SMARTS) is 1. The summed E-state index contributed by atoms with van der Waals surface area (Å²) in [5.74, 6) is -1.82. The second-order valence-electron chi connectivity index (χ2n) is 6.38. The van der Waals surface area contributed by atoms with Crippen molar-refractivity contribution in [2.45, 2.75) is 18.6 Å². The molecule has 0 unspecified atom stereocenters. The summed E-state index contributed by atoms with van der Waals surface area (Å²) < 4.78 is 38.1. The molecule has 2 aromatic carbocycles. The number of amides is 1. The minimum atomic E-state index is -4.45. The van der Waals surface area contributed by atoms with Crippen molar-refractivity contribution < 1.29 is 27.9 Å². The van der Waals surface area contributed by atoms with Gasteiger partial charge in [-0.2, -0.15) is 13.2 Å². The van der Waals surface area contributed by atoms with E-state index in [-0.39, 0.29) is 15.7 Å². The van der Waals surface area contributed by atoms with E-state index in [1.807, 2.05) is 0 Å². The summed E-state index contributed by atoms with van der Waals surface area (Å²) in [6, 6.07) is 8.09. The Morgan fingerprint density at radius 3 is 2.42 bits per heavy atom. The first-order valence-corrected chi connectivity index (χ1v) is 10.3. The number of carboxylic acids is 1. The molecule has 0 saturated heterocycles. The molecule has 0 spiro atoms. The third-order valence-electron chi connectivity index (χ3n) is 4.24. The van der Waals surface area contributed by atoms with Crippen LogP contribution in [0.25, 0.3) is 10.6 Å². The number of thiazole rings is 1. The lowest BCUT2D eigenvalue weighted by molar-refractivity contribution is -0.138. The highest BCUT2D eigenvalue weighted by molar-refractivity contribution is 7.13. The van der Waals surface area contributed by atoms with Crippen molar-refractivity contribution in [3.05, 3.63) is 74.7 Å². The summed E-state index contributed by atoms with van der Waals surface area (Å²) in [5, 5.41) is 13.9. The van der Waals surface area contributed by atoms with E-state index in [1.54, 1.807) is 12.1 Å². The number of benzene rings is 2. The summed E-state index contributed by atoms with van der Waals surface area (Å²) >= 11 is 13.2. The molecule has 0 fully saturated rings. The monoisotopic (exact) mass is 488 g/mol. The smallest absolute Gasteiger partial charge is 0.416 e. The Hall–Kier alpha value is -2.62. The van der Waals surface area contributed by atoms with Crippen molar-refractivity contribution in [2.24, 2.45) is 0 Å². The summed E-state index contributed by atoms with van der Waals surface area (Å²) in [7, 11) is 0. The normalized spacial score (nSPS) is 12.4. The SMILES string of the molecule is O=C(O)C[C@H](NC(=O)c1csc(-c2ccc(C(F)(F)F)cc2)n1)c1cccc(Cl)c1Cl. The quantitative estimate of drug-likeness (QED) is 0.440. The molecule has 0 radical (unpaired) electrons. The zero-order chi connectivity index (χ0) is 22.8. The molecule has 0 aliphatic rings. The fourth-order valence-electron chi connectivity index (χ4n) is 2.75. The molecule has 0 saturated carbocycles. The number of hydrogen-bond donors (Lipinski definition) is 2. The van der Waals surface area contributed by atoms with E-state index in [0.717, 1.165) is 23.5 Å². The van der Waals surface area contributed by atoms with Gasteiger partial charge in [0.05, 0.1) is 28.1 Å². The van der Waals surface area contributed by atoms with Gasteiger partial charge < -0.3 is 10.4 Å². The molecule has 1 heterocycles. The number of aliphatic carboxylic acids is 1. The first-order valence-electron chi connectivity index (χ1n) is 8.66. The van der Waals surface area contributed by atoms with E-state index in [1.165, 1.54) is 23.6 Å². The Bertz CT molecular complexity index is 1120. The Balaban J connectivity index is 1.81. The van der Waals surface area contributed by atoms with Gasteiger partial charge in [0.2, 0.25) is 0 Å². The predicted octanol–water partition coefficient (Wildman–Crippen LogP) is 6.08. The first kappa shape index (κ1) is 23.1. The van der Waals surface area contributed by atoms with Gasteiger partial charge in [-0.3, -0.25) is 9.59 Å². The van der Waals surface area contributed by atoms with E-state index in [9.17, 15) is 27.9 Å². The molecule has 1 atom stereocenters. The number of hydrogen-bond acceptors (Lipinski definition) is 4. The van der Waals surface area contributed by atoms with Crippen LogP contribution in [0.4, 0.5) is 13.2 Å². The maximum absolute atomic E-state index is 12.7. The van der Waals surface area contributed by atoms with Gasteiger partial charge >= 0.3 is 12.1 Å². The fraction of sp³-hybridized carbons (Fsp3) is 0.150. The minimum absolute atomic E-state index is 0.00608. The largest absolute Gasteiger partial charge is 0.481 e. The number of carbonyl (C=O) groups excluding carboxylic acids is 1. The Morgan fingerprint density at radius 1 is 1.13 bits per heavy atom. The Morgan fingerprint density at radius 2 is 1.81 bits per heavy atom. The molecule has 1 amide bonds. The molecule has 0 aliphatic heterocycles. The van der Waals surface area contributed by atoms with Gasteiger partial charge in [-0.15, -0.1) is 11.3 Å². The van der Waals surface area contributed by atoms with Gasteiger partial charge in [0.15, 0.2) is 0 Å². The molecule has 11 heteroatoms. The minimum Gasteiger partial charge on any atom is -0.481 e. The molecule has 31 heavy (non-hydrogen) atoms. The maximum Gasteiger partial charge on any atom is 0.416 e. The molecule has 3 aromatic rings. The number of aromatic nitrogens is 1. The van der Waals surface area contributed by atoms with Crippen LogP contribution < -0.4 is 5.32 Å². The number of carbonyl (C=O) groups is 2. The van der Waals surface area contributed by atoms with Crippen molar-refractivity contribution in [2.75, 3.05) is 0 Å². The van der Waals surface area contributed by atoms with Gasteiger partial charge in [0, 0.05) is 10.9 Å². The van der Waals surface area contributed by atoms with Crippen LogP contribution >= 0.6 is 34.5 Å². The Kier molecular flexibility index (Phi) is 6.88. The van der Waals surface area contributed by atoms with Gasteiger partial charge in [0.1, 0.15) is 10.7 Å². The molecule has 0 aliphatic carbocycles. The van der Waals surface area contributed by atoms with Crippen LogP contribution in [-0.4, -0.2) is 22.0 Å². The van der Waals surface area contributed by atoms with Crippen molar-refractivity contribution in [3.8, 4) is 10.6 Å². The predicted molar refractivity (Wildman–Crippen MR) is 111 cm³/mol. The van der Waals surface area contributed by atoms with E-state index < -0.39 is 36.1 Å². The molecular weight excluding hydrogens is 476 g/mol. The van der Waals surface area contributed by atoms with Crippen molar-refractivity contribution in [1.29, 1.82) is 0 Å². The highest BCUT2D eigenvalue weighted by Gasteiger charge is 2.30. The molecule has 1 aromatic heterocycles. The third-order valence-corrected chi connectivity index (χ3v) is 5.96. The number of halogens is 5. The van der Waals surface area contributed by atoms with Crippen LogP contribution in [0, 0.1) is 0 Å². The van der Waals surface area contributed by atoms with E-state index in [0.29, 0.717) is 16.1 Å². The van der Waals surface area contributed by atoms with Crippen molar-refractivity contribution in [1.82, 2.24) is 10.3 Å². The van der Waals surface area contributed by atoms with E-state index in [4.69, 9.17) is 23.2 Å². The maximum atomic E-state index is 12.7. The van der Waals surface area contributed by atoms with Crippen LogP contribution in [0.1, 0.15) is 34.1 Å². The third kappa shape index (κ3) is 5.55. The van der Waals surface area contributed by atoms with E-state index in [2.05, 4.69) is 10.3 Å². The van der Waals surface area contributed by atoms with Crippen LogP contribution in [-0.2, 0) is 11.0 Å². The molecule has 5 nitrogen and oxygen atoms in total. The highest BCUT2D eigenvalue weighted by atomic mass is 35.5. The first-order chi connectivity index (χ1) is 14.6. The lowest BCUT2D eigenvalue weighted by Crippen LogP contribution is -2.30. The zero-order valence-corrected chi connectivity index (χ0v) is 17.7. The average molecular weight is 489 g/mol. The van der Waals surface area contributed by atoms with Crippen LogP contribution in [0.3, 0.4) is 0 Å². The summed E-state index contributed by atoms with van der Waals surface area (Å²) in [6.45, 7) is 0. The second kappa shape index (κ2) is 9.25. The van der Waals surface area contributed by atoms with Crippen molar-refractivity contribution >= 4 is 46.4 Å². The van der Waals surface area contributed by atoms with Gasteiger partial charge in [-0.05, 0) is 23.8 Å². The fourth-order valence-corrected chi connectivity index (χ4v) is 3.99. The van der Waals surface area contributed by atoms with Crippen LogP contribution in [0.15, 0.2) is 47.8 Å². The molecule has 0 bridgehead atoms. The Labute approximate surface area is 188 Å². The number of nitrogens with zero attached hydrogens (tertiary/aromatic N) is 1. The summed E-state index contributed by atoms with van der Waals surface area (Å²) in [5.41, 5.74) is -0.0470. The number of rotatable bonds is 6. The van der Waals surface area contributed by atoms with E-state index >= 15 is 0 Å². The van der Waals surface area contributed by atoms with Gasteiger partial charge in [-0.1, -0.05) is 47.5 Å². The highest BCUT2D eigenvalue weighted by Crippen LogP contribution is 2.33. The summed E-state index contributed by atoms with van der Waals surface area (Å²) in [6.07, 6.45) is -4.89. The number of alkyl halides is 3. The summed E-state index contributed by atoms with van der Waals surface area (Å²) in [4.78, 5) is 28.1. The van der Waals surface area contributed by atoms with Crippen molar-refractivity contribution in [3.63, 3.8) is 0 Å². The standard InChI is InChI=1S/C20H13Cl2F3N2O3S/c21-13-3-1-2-12(17(13)22)14(8-16(28)29)26-18(30)15-9-31-19(27-15)10-4-6-11(7-5-10)20(23,24)25/h1-7,9,14H,8H2,(H,26,30)(H,28,29)/t14-/m0/s1. The lowest BCUT2D eigenvalue weighted by Gasteiger charge is -2.18. The molecule has 2 N–H and O–H groups in total.